The molecule has 0 aliphatic rings. The van der Waals surface area contributed by atoms with Gasteiger partial charge in [-0.15, -0.1) is 0 Å². The molecule has 1 amide bonds. The van der Waals surface area contributed by atoms with E-state index in [-0.39, 0.29) is 5.91 Å². The Kier molecular flexibility index (Phi) is 5.82. The summed E-state index contributed by atoms with van der Waals surface area (Å²) >= 11 is 5.82. The third kappa shape index (κ3) is 4.26. The van der Waals surface area contributed by atoms with Crippen LogP contribution in [0.2, 0.25) is 5.02 Å². The molecule has 0 fully saturated rings. The molecule has 0 spiro atoms. The van der Waals surface area contributed by atoms with Crippen molar-refractivity contribution in [3.8, 4) is 5.75 Å². The lowest BCUT2D eigenvalue weighted by Crippen LogP contribution is -2.31. The molecule has 0 radical (unpaired) electrons. The number of hydrogen-bond acceptors (Lipinski definition) is 4. The number of para-hydroxylation sites is 1. The van der Waals surface area contributed by atoms with E-state index in [4.69, 9.17) is 21.1 Å². The first kappa shape index (κ1) is 17.8. The fourth-order valence-electron chi connectivity index (χ4n) is 2.11. The van der Waals surface area contributed by atoms with Crippen LogP contribution in [0.25, 0.3) is 0 Å². The van der Waals surface area contributed by atoms with Gasteiger partial charge in [-0.05, 0) is 49.7 Å². The van der Waals surface area contributed by atoms with Crippen LogP contribution in [0.5, 0.6) is 5.75 Å². The zero-order valence-electron chi connectivity index (χ0n) is 13.6. The van der Waals surface area contributed by atoms with Gasteiger partial charge in [0.05, 0.1) is 18.4 Å². The van der Waals surface area contributed by atoms with Crippen LogP contribution in [0.3, 0.4) is 0 Å². The number of ether oxygens (including phenoxy) is 2. The molecule has 2 aromatic carbocycles. The maximum absolute atomic E-state index is 12.4. The maximum Gasteiger partial charge on any atom is 0.339 e. The summed E-state index contributed by atoms with van der Waals surface area (Å²) in [5, 5.41) is 3.32. The average Bonchev–Trinajstić information content (AvgIpc) is 2.57. The minimum absolute atomic E-state index is 0.296. The SMILES string of the molecule is COC(=O)c1cccc(C)c1NC(=O)C(C)Oc1ccc(Cl)cc1. The Labute approximate surface area is 145 Å². The highest BCUT2D eigenvalue weighted by Crippen LogP contribution is 2.22. The highest BCUT2D eigenvalue weighted by molar-refractivity contribution is 6.30. The van der Waals surface area contributed by atoms with E-state index >= 15 is 0 Å². The summed E-state index contributed by atoms with van der Waals surface area (Å²) in [7, 11) is 1.29. The second-order valence-electron chi connectivity index (χ2n) is 5.19. The summed E-state index contributed by atoms with van der Waals surface area (Å²) in [4.78, 5) is 24.2. The average molecular weight is 348 g/mol. The number of amides is 1. The van der Waals surface area contributed by atoms with E-state index in [0.29, 0.717) is 22.0 Å². The molecule has 24 heavy (non-hydrogen) atoms. The van der Waals surface area contributed by atoms with Gasteiger partial charge >= 0.3 is 5.97 Å². The topological polar surface area (TPSA) is 64.6 Å². The number of halogens is 1. The predicted molar refractivity (Wildman–Crippen MR) is 92.7 cm³/mol. The monoisotopic (exact) mass is 347 g/mol. The fourth-order valence-corrected chi connectivity index (χ4v) is 2.24. The molecule has 0 aliphatic heterocycles. The molecule has 0 bridgehead atoms. The van der Waals surface area contributed by atoms with Crippen LogP contribution < -0.4 is 10.1 Å². The van der Waals surface area contributed by atoms with E-state index in [1.807, 2.05) is 0 Å². The van der Waals surface area contributed by atoms with Gasteiger partial charge in [0, 0.05) is 5.02 Å². The molecule has 0 aromatic heterocycles. The van der Waals surface area contributed by atoms with Gasteiger partial charge < -0.3 is 14.8 Å². The van der Waals surface area contributed by atoms with Gasteiger partial charge in [-0.3, -0.25) is 4.79 Å². The molecule has 0 saturated heterocycles. The van der Waals surface area contributed by atoms with Gasteiger partial charge in [0.15, 0.2) is 6.10 Å². The van der Waals surface area contributed by atoms with E-state index in [1.54, 1.807) is 56.3 Å². The number of benzene rings is 2. The second-order valence-corrected chi connectivity index (χ2v) is 5.63. The van der Waals surface area contributed by atoms with Crippen LogP contribution >= 0.6 is 11.6 Å². The number of aryl methyl sites for hydroxylation is 1. The van der Waals surface area contributed by atoms with Crippen molar-refractivity contribution in [3.05, 3.63) is 58.6 Å². The molecule has 1 unspecified atom stereocenters. The zero-order valence-corrected chi connectivity index (χ0v) is 14.4. The van der Waals surface area contributed by atoms with Crippen molar-refractivity contribution in [2.75, 3.05) is 12.4 Å². The molecule has 126 valence electrons. The lowest BCUT2D eigenvalue weighted by Gasteiger charge is -2.17. The van der Waals surface area contributed by atoms with E-state index in [2.05, 4.69) is 5.32 Å². The molecule has 0 aliphatic carbocycles. The predicted octanol–water partition coefficient (Wildman–Crippen LogP) is 3.84. The van der Waals surface area contributed by atoms with Crippen molar-refractivity contribution in [1.29, 1.82) is 0 Å². The first-order valence-electron chi connectivity index (χ1n) is 7.33. The highest BCUT2D eigenvalue weighted by Gasteiger charge is 2.20. The van der Waals surface area contributed by atoms with Crippen LogP contribution in [0.4, 0.5) is 5.69 Å². The number of rotatable bonds is 5. The molecular formula is C18H18ClNO4. The fraction of sp³-hybridized carbons (Fsp3) is 0.222. The number of methoxy groups -OCH3 is 1. The van der Waals surface area contributed by atoms with Crippen molar-refractivity contribution in [3.63, 3.8) is 0 Å². The van der Waals surface area contributed by atoms with Crippen molar-refractivity contribution >= 4 is 29.2 Å². The number of hydrogen-bond donors (Lipinski definition) is 1. The van der Waals surface area contributed by atoms with Crippen molar-refractivity contribution in [2.45, 2.75) is 20.0 Å². The van der Waals surface area contributed by atoms with Crippen LogP contribution in [0, 0.1) is 6.92 Å². The van der Waals surface area contributed by atoms with E-state index in [9.17, 15) is 9.59 Å². The number of nitrogens with one attached hydrogen (secondary N) is 1. The Morgan fingerprint density at radius 3 is 2.42 bits per heavy atom. The van der Waals surface area contributed by atoms with Gasteiger partial charge in [0.1, 0.15) is 5.75 Å². The first-order valence-corrected chi connectivity index (χ1v) is 7.71. The third-order valence-corrected chi connectivity index (χ3v) is 3.67. The molecule has 2 rings (SSSR count). The van der Waals surface area contributed by atoms with Gasteiger partial charge in [0.25, 0.3) is 5.91 Å². The second kappa shape index (κ2) is 7.84. The van der Waals surface area contributed by atoms with E-state index in [0.717, 1.165) is 5.56 Å². The van der Waals surface area contributed by atoms with Crippen LogP contribution in [0.1, 0.15) is 22.8 Å². The highest BCUT2D eigenvalue weighted by atomic mass is 35.5. The summed E-state index contributed by atoms with van der Waals surface area (Å²) in [6, 6.07) is 11.8. The van der Waals surface area contributed by atoms with Gasteiger partial charge in [-0.25, -0.2) is 4.79 Å². The number of anilines is 1. The zero-order chi connectivity index (χ0) is 17.7. The minimum atomic E-state index is -0.753. The van der Waals surface area contributed by atoms with Crippen molar-refractivity contribution in [1.82, 2.24) is 0 Å². The standard InChI is InChI=1S/C18H18ClNO4/c1-11-5-4-6-15(18(22)23-3)16(11)20-17(21)12(2)24-14-9-7-13(19)8-10-14/h4-10,12H,1-3H3,(H,20,21). The largest absolute Gasteiger partial charge is 0.481 e. The summed E-state index contributed by atoms with van der Waals surface area (Å²) in [6.45, 7) is 3.42. The number of carbonyl (C=O) groups excluding carboxylic acids is 2. The first-order chi connectivity index (χ1) is 11.4. The number of carbonyl (C=O) groups is 2. The molecular weight excluding hydrogens is 330 g/mol. The molecule has 1 atom stereocenters. The smallest absolute Gasteiger partial charge is 0.339 e. The van der Waals surface area contributed by atoms with Gasteiger partial charge in [-0.2, -0.15) is 0 Å². The van der Waals surface area contributed by atoms with Crippen molar-refractivity contribution in [2.24, 2.45) is 0 Å². The minimum Gasteiger partial charge on any atom is -0.481 e. The summed E-state index contributed by atoms with van der Waals surface area (Å²) < 4.78 is 10.3. The molecule has 5 nitrogen and oxygen atoms in total. The van der Waals surface area contributed by atoms with Crippen LogP contribution in [0.15, 0.2) is 42.5 Å². The van der Waals surface area contributed by atoms with Crippen LogP contribution in [-0.2, 0) is 9.53 Å². The lowest BCUT2D eigenvalue weighted by atomic mass is 10.1. The van der Waals surface area contributed by atoms with Crippen molar-refractivity contribution < 1.29 is 19.1 Å². The third-order valence-electron chi connectivity index (χ3n) is 3.42. The molecule has 1 N–H and O–H groups in total. The Morgan fingerprint density at radius 1 is 1.12 bits per heavy atom. The van der Waals surface area contributed by atoms with Gasteiger partial charge in [-0.1, -0.05) is 23.7 Å². The Bertz CT molecular complexity index is 743. The Hall–Kier alpha value is -2.53. The molecule has 0 saturated carbocycles. The lowest BCUT2D eigenvalue weighted by molar-refractivity contribution is -0.122. The van der Waals surface area contributed by atoms with E-state index < -0.39 is 12.1 Å². The van der Waals surface area contributed by atoms with Gasteiger partial charge in [0.2, 0.25) is 0 Å². The Balaban J connectivity index is 2.14. The summed E-state index contributed by atoms with van der Waals surface area (Å²) in [5.74, 6) is -0.357. The molecule has 0 heterocycles. The van der Waals surface area contributed by atoms with E-state index in [1.165, 1.54) is 7.11 Å². The van der Waals surface area contributed by atoms with Crippen LogP contribution in [-0.4, -0.2) is 25.1 Å². The summed E-state index contributed by atoms with van der Waals surface area (Å²) in [5.41, 5.74) is 1.47. The summed E-state index contributed by atoms with van der Waals surface area (Å²) in [6.07, 6.45) is -0.753. The normalized spacial score (nSPS) is 11.5. The quantitative estimate of drug-likeness (QED) is 0.834. The maximum atomic E-state index is 12.4. The Morgan fingerprint density at radius 2 is 1.79 bits per heavy atom. The number of esters is 1. The molecule has 2 aromatic rings. The molecule has 6 heteroatoms.